The van der Waals surface area contributed by atoms with E-state index < -0.39 is 5.97 Å². The summed E-state index contributed by atoms with van der Waals surface area (Å²) in [6, 6.07) is 3.03. The lowest BCUT2D eigenvalue weighted by Crippen LogP contribution is -2.09. The standard InChI is InChI=1S/C11H16N2O2S/c1-8(16-2)3-5-12-10-7-9(11(14)15)4-6-13-10/h4,6-8H,3,5H2,1-2H3,(H,12,13)(H,14,15). The van der Waals surface area contributed by atoms with Gasteiger partial charge in [0.05, 0.1) is 5.56 Å². The molecule has 1 rings (SSSR count). The zero-order valence-corrected chi connectivity index (χ0v) is 10.3. The summed E-state index contributed by atoms with van der Waals surface area (Å²) in [6.07, 6.45) is 4.61. The van der Waals surface area contributed by atoms with Crippen molar-refractivity contribution in [2.45, 2.75) is 18.6 Å². The minimum Gasteiger partial charge on any atom is -0.478 e. The smallest absolute Gasteiger partial charge is 0.335 e. The summed E-state index contributed by atoms with van der Waals surface area (Å²) in [7, 11) is 0. The third kappa shape index (κ3) is 4.10. The van der Waals surface area contributed by atoms with Crippen molar-refractivity contribution in [2.75, 3.05) is 18.1 Å². The highest BCUT2D eigenvalue weighted by molar-refractivity contribution is 7.99. The number of hydrogen-bond donors (Lipinski definition) is 2. The molecule has 0 radical (unpaired) electrons. The minimum atomic E-state index is -0.928. The van der Waals surface area contributed by atoms with Gasteiger partial charge in [0, 0.05) is 18.0 Å². The Labute approximate surface area is 99.5 Å². The molecule has 0 fully saturated rings. The van der Waals surface area contributed by atoms with Gasteiger partial charge in [0.1, 0.15) is 5.82 Å². The van der Waals surface area contributed by atoms with Gasteiger partial charge in [-0.1, -0.05) is 6.92 Å². The van der Waals surface area contributed by atoms with Crippen LogP contribution in [0, 0.1) is 0 Å². The van der Waals surface area contributed by atoms with Crippen molar-refractivity contribution in [2.24, 2.45) is 0 Å². The molecule has 0 amide bonds. The summed E-state index contributed by atoms with van der Waals surface area (Å²) >= 11 is 1.81. The number of pyridine rings is 1. The van der Waals surface area contributed by atoms with Crippen molar-refractivity contribution in [3.8, 4) is 0 Å². The van der Waals surface area contributed by atoms with Crippen LogP contribution in [0.3, 0.4) is 0 Å². The van der Waals surface area contributed by atoms with Crippen molar-refractivity contribution in [3.05, 3.63) is 23.9 Å². The predicted molar refractivity (Wildman–Crippen MR) is 67.3 cm³/mol. The average Bonchev–Trinajstić information content (AvgIpc) is 2.29. The van der Waals surface area contributed by atoms with Crippen LogP contribution in [0.1, 0.15) is 23.7 Å². The molecule has 1 atom stereocenters. The minimum absolute atomic E-state index is 0.260. The Balaban J connectivity index is 2.48. The van der Waals surface area contributed by atoms with E-state index in [0.717, 1.165) is 13.0 Å². The highest BCUT2D eigenvalue weighted by Crippen LogP contribution is 2.11. The number of thioether (sulfide) groups is 1. The molecule has 2 N–H and O–H groups in total. The van der Waals surface area contributed by atoms with Crippen molar-refractivity contribution in [1.29, 1.82) is 0 Å². The van der Waals surface area contributed by atoms with Gasteiger partial charge < -0.3 is 10.4 Å². The van der Waals surface area contributed by atoms with Gasteiger partial charge in [-0.2, -0.15) is 11.8 Å². The van der Waals surface area contributed by atoms with Crippen molar-refractivity contribution >= 4 is 23.5 Å². The first-order valence-electron chi connectivity index (χ1n) is 5.09. The molecule has 0 spiro atoms. The molecule has 88 valence electrons. The summed E-state index contributed by atoms with van der Waals surface area (Å²) < 4.78 is 0. The molecule has 1 heterocycles. The van der Waals surface area contributed by atoms with E-state index in [1.165, 1.54) is 12.3 Å². The second-order valence-corrected chi connectivity index (χ2v) is 4.77. The fourth-order valence-electron chi connectivity index (χ4n) is 1.18. The molecule has 0 saturated carbocycles. The highest BCUT2D eigenvalue weighted by Gasteiger charge is 2.04. The maximum absolute atomic E-state index is 10.7. The fourth-order valence-corrected chi connectivity index (χ4v) is 1.54. The lowest BCUT2D eigenvalue weighted by atomic mass is 10.2. The van der Waals surface area contributed by atoms with Gasteiger partial charge in [0.25, 0.3) is 0 Å². The first kappa shape index (κ1) is 12.8. The Morgan fingerprint density at radius 2 is 2.44 bits per heavy atom. The number of carboxylic acid groups (broad SMARTS) is 1. The van der Waals surface area contributed by atoms with Crippen molar-refractivity contribution in [1.82, 2.24) is 4.98 Å². The van der Waals surface area contributed by atoms with E-state index in [4.69, 9.17) is 5.11 Å². The number of rotatable bonds is 6. The van der Waals surface area contributed by atoms with Gasteiger partial charge in [-0.25, -0.2) is 9.78 Å². The Morgan fingerprint density at radius 1 is 1.69 bits per heavy atom. The van der Waals surface area contributed by atoms with Crippen LogP contribution in [0.15, 0.2) is 18.3 Å². The maximum atomic E-state index is 10.7. The Kier molecular flexibility index (Phi) is 5.11. The Morgan fingerprint density at radius 3 is 3.06 bits per heavy atom. The zero-order chi connectivity index (χ0) is 12.0. The molecule has 0 aliphatic heterocycles. The number of hydrogen-bond acceptors (Lipinski definition) is 4. The van der Waals surface area contributed by atoms with E-state index in [1.54, 1.807) is 6.07 Å². The lowest BCUT2D eigenvalue weighted by molar-refractivity contribution is 0.0697. The molecule has 0 bridgehead atoms. The first-order chi connectivity index (χ1) is 7.63. The summed E-state index contributed by atoms with van der Waals surface area (Å²) in [5, 5.41) is 12.5. The van der Waals surface area contributed by atoms with Crippen molar-refractivity contribution in [3.63, 3.8) is 0 Å². The van der Waals surface area contributed by atoms with Gasteiger partial charge in [-0.3, -0.25) is 0 Å². The second-order valence-electron chi connectivity index (χ2n) is 3.50. The zero-order valence-electron chi connectivity index (χ0n) is 9.43. The van der Waals surface area contributed by atoms with E-state index in [0.29, 0.717) is 11.1 Å². The summed E-state index contributed by atoms with van der Waals surface area (Å²) in [4.78, 5) is 14.8. The quantitative estimate of drug-likeness (QED) is 0.799. The molecule has 0 aliphatic carbocycles. The molecule has 1 unspecified atom stereocenters. The molecule has 0 aliphatic rings. The summed E-state index contributed by atoms with van der Waals surface area (Å²) in [5.41, 5.74) is 0.260. The maximum Gasteiger partial charge on any atom is 0.335 e. The van der Waals surface area contributed by atoms with Gasteiger partial charge in [-0.05, 0) is 24.8 Å². The van der Waals surface area contributed by atoms with Crippen LogP contribution < -0.4 is 5.32 Å². The fraction of sp³-hybridized carbons (Fsp3) is 0.455. The molecule has 16 heavy (non-hydrogen) atoms. The summed E-state index contributed by atoms with van der Waals surface area (Å²) in [5.74, 6) is -0.309. The van der Waals surface area contributed by atoms with Crippen LogP contribution in [-0.2, 0) is 0 Å². The van der Waals surface area contributed by atoms with Crippen LogP contribution >= 0.6 is 11.8 Å². The topological polar surface area (TPSA) is 62.2 Å². The predicted octanol–water partition coefficient (Wildman–Crippen LogP) is 2.33. The van der Waals surface area contributed by atoms with E-state index in [2.05, 4.69) is 23.5 Å². The highest BCUT2D eigenvalue weighted by atomic mass is 32.2. The normalized spacial score (nSPS) is 12.1. The Hall–Kier alpha value is -1.23. The number of aromatic carboxylic acids is 1. The lowest BCUT2D eigenvalue weighted by Gasteiger charge is -2.09. The van der Waals surface area contributed by atoms with E-state index in [9.17, 15) is 4.79 Å². The van der Waals surface area contributed by atoms with Gasteiger partial charge in [0.15, 0.2) is 0 Å². The van der Waals surface area contributed by atoms with E-state index in [-0.39, 0.29) is 5.56 Å². The third-order valence-corrected chi connectivity index (χ3v) is 3.31. The van der Waals surface area contributed by atoms with E-state index >= 15 is 0 Å². The number of aromatic nitrogens is 1. The van der Waals surface area contributed by atoms with Crippen LogP contribution in [0.25, 0.3) is 0 Å². The molecular formula is C11H16N2O2S. The summed E-state index contributed by atoms with van der Waals surface area (Å²) in [6.45, 7) is 2.96. The van der Waals surface area contributed by atoms with E-state index in [1.807, 2.05) is 11.8 Å². The van der Waals surface area contributed by atoms with Crippen LogP contribution in [-0.4, -0.2) is 34.1 Å². The monoisotopic (exact) mass is 240 g/mol. The van der Waals surface area contributed by atoms with Crippen molar-refractivity contribution < 1.29 is 9.90 Å². The molecule has 1 aromatic rings. The number of carboxylic acids is 1. The molecule has 1 aromatic heterocycles. The van der Waals surface area contributed by atoms with Gasteiger partial charge in [0.2, 0.25) is 0 Å². The number of anilines is 1. The van der Waals surface area contributed by atoms with Crippen LogP contribution in [0.2, 0.25) is 0 Å². The third-order valence-electron chi connectivity index (χ3n) is 2.27. The largest absolute Gasteiger partial charge is 0.478 e. The van der Waals surface area contributed by atoms with Gasteiger partial charge in [-0.15, -0.1) is 0 Å². The number of nitrogens with one attached hydrogen (secondary N) is 1. The molecule has 4 nitrogen and oxygen atoms in total. The van der Waals surface area contributed by atoms with Gasteiger partial charge >= 0.3 is 5.97 Å². The first-order valence-corrected chi connectivity index (χ1v) is 6.38. The number of carbonyl (C=O) groups is 1. The number of nitrogens with zero attached hydrogens (tertiary/aromatic N) is 1. The van der Waals surface area contributed by atoms with Crippen LogP contribution in [0.4, 0.5) is 5.82 Å². The Bertz CT molecular complexity index is 358. The average molecular weight is 240 g/mol. The molecule has 5 heteroatoms. The molecular weight excluding hydrogens is 224 g/mol. The molecule has 0 aromatic carbocycles. The van der Waals surface area contributed by atoms with Crippen LogP contribution in [0.5, 0.6) is 0 Å². The second kappa shape index (κ2) is 6.37. The SMILES string of the molecule is CSC(C)CCNc1cc(C(=O)O)ccn1. The molecule has 0 saturated heterocycles.